The standard InChI is InChI=1S/C10H20N2O2.C4H10O/c1-4-5-8-6-9(7-12(8)3)14-10(13)11-2;1-4(2)5-3/h8-9H,4-7H2,1-3H3,(H,11,13);4H,1-3H3. The minimum Gasteiger partial charge on any atom is -0.445 e. The van der Waals surface area contributed by atoms with Crippen LogP contribution in [-0.2, 0) is 9.47 Å². The molecule has 0 aromatic rings. The Bertz CT molecular complexity index is 247. The van der Waals surface area contributed by atoms with Crippen LogP contribution in [0.2, 0.25) is 0 Å². The van der Waals surface area contributed by atoms with Crippen molar-refractivity contribution in [2.24, 2.45) is 0 Å². The Morgan fingerprint density at radius 2 is 2.05 bits per heavy atom. The summed E-state index contributed by atoms with van der Waals surface area (Å²) in [5.74, 6) is 0. The summed E-state index contributed by atoms with van der Waals surface area (Å²) in [5, 5.41) is 2.47. The molecule has 1 amide bonds. The third-order valence-corrected chi connectivity index (χ3v) is 3.22. The fourth-order valence-electron chi connectivity index (χ4n) is 2.00. The molecule has 1 aliphatic rings. The lowest BCUT2D eigenvalue weighted by molar-refractivity contribution is 0.104. The number of carbonyl (C=O) groups is 1. The smallest absolute Gasteiger partial charge is 0.407 e. The van der Waals surface area contributed by atoms with Crippen molar-refractivity contribution in [2.45, 2.75) is 58.3 Å². The predicted octanol–water partition coefficient (Wildman–Crippen LogP) is 2.26. The molecule has 0 aromatic carbocycles. The van der Waals surface area contributed by atoms with Gasteiger partial charge in [-0.3, -0.25) is 4.90 Å². The molecule has 114 valence electrons. The van der Waals surface area contributed by atoms with Crippen LogP contribution in [0.1, 0.15) is 40.0 Å². The molecule has 2 unspecified atom stereocenters. The molecule has 0 aromatic heterocycles. The molecule has 0 spiro atoms. The molecule has 1 aliphatic heterocycles. The number of likely N-dealkylation sites (N-methyl/N-ethyl adjacent to an activating group) is 1. The van der Waals surface area contributed by atoms with Gasteiger partial charge in [0.1, 0.15) is 6.10 Å². The molecule has 5 nitrogen and oxygen atoms in total. The van der Waals surface area contributed by atoms with E-state index in [0.717, 1.165) is 13.0 Å². The first-order valence-electron chi connectivity index (χ1n) is 7.05. The van der Waals surface area contributed by atoms with Gasteiger partial charge in [-0.05, 0) is 27.3 Å². The van der Waals surface area contributed by atoms with Crippen molar-refractivity contribution in [3.05, 3.63) is 0 Å². The number of hydrogen-bond donors (Lipinski definition) is 1. The number of nitrogens with one attached hydrogen (secondary N) is 1. The van der Waals surface area contributed by atoms with Crippen LogP contribution < -0.4 is 5.32 Å². The lowest BCUT2D eigenvalue weighted by Crippen LogP contribution is -2.28. The maximum Gasteiger partial charge on any atom is 0.407 e. The lowest BCUT2D eigenvalue weighted by Gasteiger charge is -2.16. The third kappa shape index (κ3) is 8.06. The van der Waals surface area contributed by atoms with Gasteiger partial charge in [0.05, 0.1) is 6.10 Å². The van der Waals surface area contributed by atoms with Gasteiger partial charge in [-0.15, -0.1) is 0 Å². The van der Waals surface area contributed by atoms with E-state index in [2.05, 4.69) is 24.2 Å². The van der Waals surface area contributed by atoms with Crippen LogP contribution in [-0.4, -0.2) is 57.0 Å². The molecular formula is C14H30N2O3. The first-order valence-corrected chi connectivity index (χ1v) is 7.05. The normalized spacial score (nSPS) is 22.9. The van der Waals surface area contributed by atoms with Crippen LogP contribution in [0.25, 0.3) is 0 Å². The maximum atomic E-state index is 11.0. The topological polar surface area (TPSA) is 50.8 Å². The van der Waals surface area contributed by atoms with Crippen LogP contribution in [0, 0.1) is 0 Å². The molecule has 1 N–H and O–H groups in total. The van der Waals surface area contributed by atoms with Gasteiger partial charge in [-0.1, -0.05) is 13.3 Å². The van der Waals surface area contributed by atoms with Crippen molar-refractivity contribution in [3.63, 3.8) is 0 Å². The average molecular weight is 274 g/mol. The zero-order valence-electron chi connectivity index (χ0n) is 13.2. The van der Waals surface area contributed by atoms with Crippen LogP contribution in [0.3, 0.4) is 0 Å². The second kappa shape index (κ2) is 10.0. The maximum absolute atomic E-state index is 11.0. The highest BCUT2D eigenvalue weighted by molar-refractivity contribution is 5.66. The summed E-state index contributed by atoms with van der Waals surface area (Å²) in [7, 11) is 5.38. The summed E-state index contributed by atoms with van der Waals surface area (Å²) in [6, 6.07) is 0.578. The summed E-state index contributed by atoms with van der Waals surface area (Å²) < 4.78 is 9.97. The quantitative estimate of drug-likeness (QED) is 0.854. The zero-order valence-corrected chi connectivity index (χ0v) is 13.2. The molecule has 0 saturated carbocycles. The Morgan fingerprint density at radius 3 is 2.47 bits per heavy atom. The molecule has 5 heteroatoms. The first-order chi connectivity index (χ1) is 8.94. The Balaban J connectivity index is 0.000000555. The van der Waals surface area contributed by atoms with E-state index in [1.807, 2.05) is 13.8 Å². The minimum absolute atomic E-state index is 0.0662. The third-order valence-electron chi connectivity index (χ3n) is 3.22. The highest BCUT2D eigenvalue weighted by Crippen LogP contribution is 2.21. The molecule has 1 fully saturated rings. The van der Waals surface area contributed by atoms with Gasteiger partial charge in [0.25, 0.3) is 0 Å². The molecule has 19 heavy (non-hydrogen) atoms. The number of rotatable bonds is 4. The second-order valence-corrected chi connectivity index (χ2v) is 5.18. The zero-order chi connectivity index (χ0) is 14.8. The number of hydrogen-bond acceptors (Lipinski definition) is 4. The lowest BCUT2D eigenvalue weighted by atomic mass is 10.1. The second-order valence-electron chi connectivity index (χ2n) is 5.18. The Hall–Kier alpha value is -0.810. The fraction of sp³-hybridized carbons (Fsp3) is 0.929. The molecule has 0 bridgehead atoms. The summed E-state index contributed by atoms with van der Waals surface area (Å²) in [6.45, 7) is 7.04. The summed E-state index contributed by atoms with van der Waals surface area (Å²) in [6.07, 6.45) is 3.47. The highest BCUT2D eigenvalue weighted by atomic mass is 16.6. The van der Waals surface area contributed by atoms with E-state index in [4.69, 9.17) is 9.47 Å². The van der Waals surface area contributed by atoms with Gasteiger partial charge >= 0.3 is 6.09 Å². The predicted molar refractivity (Wildman–Crippen MR) is 77.4 cm³/mol. The van der Waals surface area contributed by atoms with Gasteiger partial charge in [0, 0.05) is 33.2 Å². The van der Waals surface area contributed by atoms with Crippen LogP contribution in [0.4, 0.5) is 4.79 Å². The number of ether oxygens (including phenoxy) is 2. The van der Waals surface area contributed by atoms with Crippen LogP contribution in [0.5, 0.6) is 0 Å². The summed E-state index contributed by atoms with van der Waals surface area (Å²) in [5.41, 5.74) is 0. The number of amides is 1. The van der Waals surface area contributed by atoms with E-state index < -0.39 is 0 Å². The van der Waals surface area contributed by atoms with E-state index in [-0.39, 0.29) is 12.2 Å². The van der Waals surface area contributed by atoms with Crippen molar-refractivity contribution < 1.29 is 14.3 Å². The number of alkyl carbamates (subject to hydrolysis) is 1. The number of carbonyl (C=O) groups excluding carboxylic acids is 1. The Labute approximate surface area is 117 Å². The number of likely N-dealkylation sites (tertiary alicyclic amines) is 1. The monoisotopic (exact) mass is 274 g/mol. The Morgan fingerprint density at radius 1 is 1.47 bits per heavy atom. The van der Waals surface area contributed by atoms with E-state index in [1.54, 1.807) is 14.2 Å². The molecule has 1 saturated heterocycles. The molecule has 0 radical (unpaired) electrons. The van der Waals surface area contributed by atoms with E-state index >= 15 is 0 Å². The summed E-state index contributed by atoms with van der Waals surface area (Å²) in [4.78, 5) is 13.3. The van der Waals surface area contributed by atoms with Gasteiger partial charge in [0.2, 0.25) is 0 Å². The van der Waals surface area contributed by atoms with Crippen molar-refractivity contribution in [1.82, 2.24) is 10.2 Å². The SMILES string of the molecule is CCCC1CC(OC(=O)NC)CN1C.COC(C)C. The van der Waals surface area contributed by atoms with Crippen molar-refractivity contribution in [3.8, 4) is 0 Å². The highest BCUT2D eigenvalue weighted by Gasteiger charge is 2.30. The number of methoxy groups -OCH3 is 1. The largest absolute Gasteiger partial charge is 0.445 e. The van der Waals surface area contributed by atoms with Gasteiger partial charge in [-0.2, -0.15) is 0 Å². The summed E-state index contributed by atoms with van der Waals surface area (Å²) >= 11 is 0. The number of nitrogens with zero attached hydrogens (tertiary/aromatic N) is 1. The first kappa shape index (κ1) is 18.2. The van der Waals surface area contributed by atoms with E-state index in [1.165, 1.54) is 12.8 Å². The van der Waals surface area contributed by atoms with Gasteiger partial charge in [-0.25, -0.2) is 4.79 Å². The van der Waals surface area contributed by atoms with Crippen LogP contribution in [0.15, 0.2) is 0 Å². The fourth-order valence-corrected chi connectivity index (χ4v) is 2.00. The Kier molecular flexibility index (Phi) is 9.61. The molecule has 0 aliphatic carbocycles. The van der Waals surface area contributed by atoms with Gasteiger partial charge < -0.3 is 14.8 Å². The van der Waals surface area contributed by atoms with Crippen molar-refractivity contribution >= 4 is 6.09 Å². The van der Waals surface area contributed by atoms with E-state index in [9.17, 15) is 4.79 Å². The molecule has 2 atom stereocenters. The average Bonchev–Trinajstić information content (AvgIpc) is 2.70. The minimum atomic E-state index is -0.319. The molecule has 1 rings (SSSR count). The molecular weight excluding hydrogens is 244 g/mol. The van der Waals surface area contributed by atoms with E-state index in [0.29, 0.717) is 12.1 Å². The van der Waals surface area contributed by atoms with Crippen molar-refractivity contribution in [1.29, 1.82) is 0 Å². The molecule has 1 heterocycles. The van der Waals surface area contributed by atoms with Crippen molar-refractivity contribution in [2.75, 3.05) is 27.7 Å². The van der Waals surface area contributed by atoms with Crippen LogP contribution >= 0.6 is 0 Å². The van der Waals surface area contributed by atoms with Gasteiger partial charge in [0.15, 0.2) is 0 Å².